The Kier molecular flexibility index (Phi) is 10.8. The zero-order valence-corrected chi connectivity index (χ0v) is 16.8. The van der Waals surface area contributed by atoms with Gasteiger partial charge in [0.1, 0.15) is 6.61 Å². The summed E-state index contributed by atoms with van der Waals surface area (Å²) in [6, 6.07) is 0. The van der Waals surface area contributed by atoms with Crippen LogP contribution in [0.15, 0.2) is 0 Å². The van der Waals surface area contributed by atoms with Gasteiger partial charge in [-0.15, -0.1) is 0 Å². The van der Waals surface area contributed by atoms with Gasteiger partial charge >= 0.3 is 0 Å². The summed E-state index contributed by atoms with van der Waals surface area (Å²) in [5.41, 5.74) is -0.123. The van der Waals surface area contributed by atoms with E-state index in [1.165, 1.54) is 0 Å². The lowest BCUT2D eigenvalue weighted by Gasteiger charge is -2.21. The van der Waals surface area contributed by atoms with E-state index in [2.05, 4.69) is 24.5 Å². The van der Waals surface area contributed by atoms with Gasteiger partial charge in [-0.25, -0.2) is 0 Å². The lowest BCUT2D eigenvalue weighted by Crippen LogP contribution is -2.37. The first kappa shape index (κ1) is 22.9. The SMILES string of the molecule is CCC(C)C1(C(=O)NCCOCCOCCNC(=O)COC(C)C)CC1. The topological polar surface area (TPSA) is 85.9 Å². The molecule has 1 aliphatic carbocycles. The molecule has 152 valence electrons. The number of ether oxygens (including phenoxy) is 3. The molecular weight excluding hydrogens is 336 g/mol. The van der Waals surface area contributed by atoms with Gasteiger partial charge in [0.05, 0.1) is 37.9 Å². The first-order chi connectivity index (χ1) is 12.4. The van der Waals surface area contributed by atoms with Gasteiger partial charge in [0, 0.05) is 13.1 Å². The molecule has 0 spiro atoms. The highest BCUT2D eigenvalue weighted by atomic mass is 16.5. The summed E-state index contributed by atoms with van der Waals surface area (Å²) in [7, 11) is 0. The third kappa shape index (κ3) is 8.47. The molecule has 0 bridgehead atoms. The number of rotatable bonds is 15. The Morgan fingerprint density at radius 3 is 2.04 bits per heavy atom. The molecule has 1 fully saturated rings. The number of hydrogen-bond acceptors (Lipinski definition) is 5. The predicted octanol–water partition coefficient (Wildman–Crippen LogP) is 1.50. The summed E-state index contributed by atoms with van der Waals surface area (Å²) in [6.45, 7) is 11.0. The monoisotopic (exact) mass is 372 g/mol. The summed E-state index contributed by atoms with van der Waals surface area (Å²) in [5.74, 6) is 0.471. The first-order valence-corrected chi connectivity index (χ1v) is 9.74. The maximum atomic E-state index is 12.2. The molecule has 0 aromatic heterocycles. The Morgan fingerprint density at radius 1 is 0.962 bits per heavy atom. The highest BCUT2D eigenvalue weighted by molar-refractivity contribution is 5.85. The highest BCUT2D eigenvalue weighted by Crippen LogP contribution is 2.53. The minimum atomic E-state index is -0.139. The van der Waals surface area contributed by atoms with Gasteiger partial charge in [-0.2, -0.15) is 0 Å². The standard InChI is InChI=1S/C19H36N2O5/c1-5-16(4)19(6-7-19)18(23)21-9-11-25-13-12-24-10-8-20-17(22)14-26-15(2)3/h15-16H,5-14H2,1-4H3,(H,20,22)(H,21,23). The van der Waals surface area contributed by atoms with Gasteiger partial charge < -0.3 is 24.8 Å². The van der Waals surface area contributed by atoms with E-state index < -0.39 is 0 Å². The van der Waals surface area contributed by atoms with E-state index in [4.69, 9.17) is 14.2 Å². The van der Waals surface area contributed by atoms with Crippen LogP contribution in [0.1, 0.15) is 47.0 Å². The third-order valence-electron chi connectivity index (χ3n) is 4.82. The molecular formula is C19H36N2O5. The van der Waals surface area contributed by atoms with Crippen molar-refractivity contribution < 1.29 is 23.8 Å². The van der Waals surface area contributed by atoms with E-state index >= 15 is 0 Å². The van der Waals surface area contributed by atoms with Gasteiger partial charge in [-0.1, -0.05) is 20.3 Å². The van der Waals surface area contributed by atoms with E-state index in [1.807, 2.05) is 13.8 Å². The van der Waals surface area contributed by atoms with Crippen molar-refractivity contribution in [1.82, 2.24) is 10.6 Å². The zero-order valence-electron chi connectivity index (χ0n) is 16.8. The molecule has 1 rings (SSSR count). The molecule has 1 saturated carbocycles. The Labute approximate surface area is 157 Å². The molecule has 0 aromatic carbocycles. The molecule has 0 aromatic rings. The molecule has 0 radical (unpaired) electrons. The Hall–Kier alpha value is -1.18. The van der Waals surface area contributed by atoms with Crippen LogP contribution in [0.25, 0.3) is 0 Å². The molecule has 1 unspecified atom stereocenters. The van der Waals surface area contributed by atoms with Crippen LogP contribution in [0.5, 0.6) is 0 Å². The molecule has 0 heterocycles. The quantitative estimate of drug-likeness (QED) is 0.426. The fourth-order valence-corrected chi connectivity index (χ4v) is 2.76. The van der Waals surface area contributed by atoms with Crippen molar-refractivity contribution in [2.45, 2.75) is 53.1 Å². The van der Waals surface area contributed by atoms with Crippen molar-refractivity contribution in [1.29, 1.82) is 0 Å². The van der Waals surface area contributed by atoms with Gasteiger partial charge in [0.2, 0.25) is 11.8 Å². The fourth-order valence-electron chi connectivity index (χ4n) is 2.76. The van der Waals surface area contributed by atoms with Crippen molar-refractivity contribution in [3.05, 3.63) is 0 Å². The van der Waals surface area contributed by atoms with E-state index in [0.29, 0.717) is 45.4 Å². The van der Waals surface area contributed by atoms with Crippen LogP contribution in [-0.4, -0.2) is 64.0 Å². The number of nitrogens with one attached hydrogen (secondary N) is 2. The van der Waals surface area contributed by atoms with Crippen LogP contribution >= 0.6 is 0 Å². The van der Waals surface area contributed by atoms with Crippen LogP contribution in [0.4, 0.5) is 0 Å². The average Bonchev–Trinajstić information content (AvgIpc) is 3.42. The van der Waals surface area contributed by atoms with Crippen LogP contribution in [0.3, 0.4) is 0 Å². The molecule has 0 saturated heterocycles. The predicted molar refractivity (Wildman–Crippen MR) is 99.9 cm³/mol. The van der Waals surface area contributed by atoms with Crippen molar-refractivity contribution in [3.8, 4) is 0 Å². The molecule has 2 amide bonds. The molecule has 7 nitrogen and oxygen atoms in total. The molecule has 1 atom stereocenters. The zero-order chi connectivity index (χ0) is 19.4. The average molecular weight is 373 g/mol. The molecule has 7 heteroatoms. The summed E-state index contributed by atoms with van der Waals surface area (Å²) >= 11 is 0. The van der Waals surface area contributed by atoms with Crippen molar-refractivity contribution >= 4 is 11.8 Å². The van der Waals surface area contributed by atoms with E-state index in [-0.39, 0.29) is 29.9 Å². The maximum Gasteiger partial charge on any atom is 0.246 e. The number of hydrogen-bond donors (Lipinski definition) is 2. The number of carbonyl (C=O) groups excluding carboxylic acids is 2. The Balaban J connectivity index is 1.89. The molecule has 1 aliphatic rings. The second kappa shape index (κ2) is 12.3. The minimum Gasteiger partial charge on any atom is -0.377 e. The molecule has 2 N–H and O–H groups in total. The van der Waals surface area contributed by atoms with Crippen molar-refractivity contribution in [2.75, 3.05) is 46.1 Å². The minimum absolute atomic E-state index is 0.0452. The van der Waals surface area contributed by atoms with E-state index in [1.54, 1.807) is 0 Å². The third-order valence-corrected chi connectivity index (χ3v) is 4.82. The van der Waals surface area contributed by atoms with Crippen LogP contribution < -0.4 is 10.6 Å². The lowest BCUT2D eigenvalue weighted by molar-refractivity contribution is -0.128. The van der Waals surface area contributed by atoms with Crippen molar-refractivity contribution in [2.24, 2.45) is 11.3 Å². The van der Waals surface area contributed by atoms with Gasteiger partial charge in [0.15, 0.2) is 0 Å². The second-order valence-corrected chi connectivity index (χ2v) is 7.16. The van der Waals surface area contributed by atoms with E-state index in [0.717, 1.165) is 19.3 Å². The van der Waals surface area contributed by atoms with Crippen LogP contribution in [-0.2, 0) is 23.8 Å². The number of carbonyl (C=O) groups is 2. The maximum absolute atomic E-state index is 12.2. The lowest BCUT2D eigenvalue weighted by atomic mass is 9.88. The fraction of sp³-hybridized carbons (Fsp3) is 0.895. The van der Waals surface area contributed by atoms with E-state index in [9.17, 15) is 9.59 Å². The van der Waals surface area contributed by atoms with Crippen molar-refractivity contribution in [3.63, 3.8) is 0 Å². The van der Waals surface area contributed by atoms with Crippen LogP contribution in [0, 0.1) is 11.3 Å². The summed E-state index contributed by atoms with van der Waals surface area (Å²) < 4.78 is 16.0. The second-order valence-electron chi connectivity index (χ2n) is 7.16. The first-order valence-electron chi connectivity index (χ1n) is 9.74. The smallest absolute Gasteiger partial charge is 0.246 e. The highest BCUT2D eigenvalue weighted by Gasteiger charge is 2.52. The Morgan fingerprint density at radius 2 is 1.54 bits per heavy atom. The van der Waals surface area contributed by atoms with Gasteiger partial charge in [-0.3, -0.25) is 9.59 Å². The molecule has 26 heavy (non-hydrogen) atoms. The Bertz CT molecular complexity index is 424. The largest absolute Gasteiger partial charge is 0.377 e. The van der Waals surface area contributed by atoms with Gasteiger partial charge in [0.25, 0.3) is 0 Å². The number of amides is 2. The van der Waals surface area contributed by atoms with Crippen LogP contribution in [0.2, 0.25) is 0 Å². The summed E-state index contributed by atoms with van der Waals surface area (Å²) in [6.07, 6.45) is 3.08. The normalized spacial score (nSPS) is 16.3. The molecule has 0 aliphatic heterocycles. The van der Waals surface area contributed by atoms with Gasteiger partial charge in [-0.05, 0) is 32.6 Å². The summed E-state index contributed by atoms with van der Waals surface area (Å²) in [4.78, 5) is 23.6. The summed E-state index contributed by atoms with van der Waals surface area (Å²) in [5, 5.41) is 5.70.